The second-order valence-electron chi connectivity index (χ2n) is 4.17. The van der Waals surface area contributed by atoms with Gasteiger partial charge in [-0.2, -0.15) is 0 Å². The largest absolute Gasteiger partial charge is 0.334 e. The molecular formula is C10H18N4. The SMILES string of the molecule is Cc1ncc(CNC2CC(N)C2)n1C. The number of aromatic nitrogens is 2. The van der Waals surface area contributed by atoms with Gasteiger partial charge in [0.05, 0.1) is 5.69 Å². The third kappa shape index (κ3) is 1.81. The fraction of sp³-hybridized carbons (Fsp3) is 0.700. The Morgan fingerprint density at radius 1 is 1.64 bits per heavy atom. The van der Waals surface area contributed by atoms with Crippen LogP contribution in [-0.4, -0.2) is 21.6 Å². The Morgan fingerprint density at radius 2 is 2.36 bits per heavy atom. The van der Waals surface area contributed by atoms with Crippen molar-refractivity contribution in [3.8, 4) is 0 Å². The Morgan fingerprint density at radius 3 is 2.86 bits per heavy atom. The van der Waals surface area contributed by atoms with Gasteiger partial charge < -0.3 is 15.6 Å². The van der Waals surface area contributed by atoms with Gasteiger partial charge in [0, 0.05) is 31.9 Å². The highest BCUT2D eigenvalue weighted by Gasteiger charge is 2.25. The molecule has 1 heterocycles. The van der Waals surface area contributed by atoms with Crippen LogP contribution in [0.2, 0.25) is 0 Å². The van der Waals surface area contributed by atoms with Gasteiger partial charge in [0.25, 0.3) is 0 Å². The fourth-order valence-electron chi connectivity index (χ4n) is 1.79. The molecule has 14 heavy (non-hydrogen) atoms. The van der Waals surface area contributed by atoms with E-state index in [0.29, 0.717) is 12.1 Å². The number of hydrogen-bond donors (Lipinski definition) is 2. The van der Waals surface area contributed by atoms with Gasteiger partial charge in [0.2, 0.25) is 0 Å². The smallest absolute Gasteiger partial charge is 0.105 e. The van der Waals surface area contributed by atoms with Crippen molar-refractivity contribution < 1.29 is 0 Å². The topological polar surface area (TPSA) is 55.9 Å². The molecule has 0 bridgehead atoms. The molecule has 0 unspecified atom stereocenters. The number of nitrogens with zero attached hydrogens (tertiary/aromatic N) is 2. The number of nitrogens with one attached hydrogen (secondary N) is 1. The Balaban J connectivity index is 1.83. The van der Waals surface area contributed by atoms with Crippen LogP contribution in [0.15, 0.2) is 6.20 Å². The van der Waals surface area contributed by atoms with E-state index in [1.165, 1.54) is 5.69 Å². The molecule has 78 valence electrons. The van der Waals surface area contributed by atoms with E-state index in [9.17, 15) is 0 Å². The molecular weight excluding hydrogens is 176 g/mol. The van der Waals surface area contributed by atoms with Gasteiger partial charge in [0.1, 0.15) is 5.82 Å². The van der Waals surface area contributed by atoms with Crippen LogP contribution >= 0.6 is 0 Å². The molecule has 1 aromatic heterocycles. The van der Waals surface area contributed by atoms with Crippen molar-refractivity contribution in [3.63, 3.8) is 0 Å². The third-order valence-electron chi connectivity index (χ3n) is 3.06. The van der Waals surface area contributed by atoms with Gasteiger partial charge in [-0.1, -0.05) is 0 Å². The number of rotatable bonds is 3. The quantitative estimate of drug-likeness (QED) is 0.728. The molecule has 1 aliphatic carbocycles. The number of aryl methyl sites for hydroxylation is 1. The van der Waals surface area contributed by atoms with E-state index in [2.05, 4.69) is 14.9 Å². The second-order valence-corrected chi connectivity index (χ2v) is 4.17. The van der Waals surface area contributed by atoms with Crippen molar-refractivity contribution in [3.05, 3.63) is 17.7 Å². The highest BCUT2D eigenvalue weighted by atomic mass is 15.1. The first-order valence-corrected chi connectivity index (χ1v) is 5.13. The summed E-state index contributed by atoms with van der Waals surface area (Å²) in [5, 5.41) is 3.48. The molecule has 1 aliphatic rings. The second kappa shape index (κ2) is 3.71. The lowest BCUT2D eigenvalue weighted by atomic mass is 9.88. The standard InChI is InChI=1S/C10H18N4/c1-7-12-5-10(14(7)2)6-13-9-3-8(11)4-9/h5,8-9,13H,3-4,6,11H2,1-2H3. The van der Waals surface area contributed by atoms with Crippen LogP contribution in [0, 0.1) is 6.92 Å². The number of hydrogen-bond acceptors (Lipinski definition) is 3. The molecule has 2 rings (SSSR count). The minimum absolute atomic E-state index is 0.417. The average molecular weight is 194 g/mol. The highest BCUT2D eigenvalue weighted by Crippen LogP contribution is 2.17. The molecule has 0 saturated heterocycles. The van der Waals surface area contributed by atoms with Crippen molar-refractivity contribution in [1.29, 1.82) is 0 Å². The van der Waals surface area contributed by atoms with E-state index in [1.54, 1.807) is 0 Å². The molecule has 4 heteroatoms. The van der Waals surface area contributed by atoms with Crippen molar-refractivity contribution >= 4 is 0 Å². The van der Waals surface area contributed by atoms with E-state index >= 15 is 0 Å². The molecule has 1 fully saturated rings. The minimum atomic E-state index is 0.417. The zero-order valence-electron chi connectivity index (χ0n) is 8.83. The maximum Gasteiger partial charge on any atom is 0.105 e. The zero-order chi connectivity index (χ0) is 10.1. The van der Waals surface area contributed by atoms with Crippen molar-refractivity contribution in [2.24, 2.45) is 12.8 Å². The Hall–Kier alpha value is -0.870. The number of nitrogens with two attached hydrogens (primary N) is 1. The molecule has 0 spiro atoms. The summed E-state index contributed by atoms with van der Waals surface area (Å²) in [6.07, 6.45) is 4.15. The normalized spacial score (nSPS) is 26.2. The minimum Gasteiger partial charge on any atom is -0.334 e. The van der Waals surface area contributed by atoms with Crippen LogP contribution in [0.1, 0.15) is 24.4 Å². The van der Waals surface area contributed by atoms with Crippen LogP contribution in [-0.2, 0) is 13.6 Å². The maximum absolute atomic E-state index is 5.71. The summed E-state index contributed by atoms with van der Waals surface area (Å²) in [7, 11) is 2.05. The average Bonchev–Trinajstić information content (AvgIpc) is 2.41. The van der Waals surface area contributed by atoms with E-state index in [1.807, 2.05) is 20.2 Å². The van der Waals surface area contributed by atoms with Crippen LogP contribution in [0.25, 0.3) is 0 Å². The molecule has 0 atom stereocenters. The molecule has 4 nitrogen and oxygen atoms in total. The Kier molecular flexibility index (Phi) is 2.56. The lowest BCUT2D eigenvalue weighted by Gasteiger charge is -2.33. The van der Waals surface area contributed by atoms with Gasteiger partial charge in [-0.05, 0) is 19.8 Å². The highest BCUT2D eigenvalue weighted by molar-refractivity contribution is 5.04. The van der Waals surface area contributed by atoms with Crippen molar-refractivity contribution in [1.82, 2.24) is 14.9 Å². The van der Waals surface area contributed by atoms with Crippen LogP contribution < -0.4 is 11.1 Å². The first kappa shape index (κ1) is 9.68. The van der Waals surface area contributed by atoms with Gasteiger partial charge in [-0.3, -0.25) is 0 Å². The summed E-state index contributed by atoms with van der Waals surface area (Å²) in [4.78, 5) is 4.25. The lowest BCUT2D eigenvalue weighted by Crippen LogP contribution is -2.48. The lowest BCUT2D eigenvalue weighted by molar-refractivity contribution is 0.289. The van der Waals surface area contributed by atoms with Gasteiger partial charge in [-0.15, -0.1) is 0 Å². The fourth-order valence-corrected chi connectivity index (χ4v) is 1.79. The van der Waals surface area contributed by atoms with Gasteiger partial charge >= 0.3 is 0 Å². The van der Waals surface area contributed by atoms with Gasteiger partial charge in [-0.25, -0.2) is 4.98 Å². The van der Waals surface area contributed by atoms with Crippen LogP contribution in [0.4, 0.5) is 0 Å². The Bertz CT molecular complexity index is 312. The first-order chi connectivity index (χ1) is 6.66. The summed E-state index contributed by atoms with van der Waals surface area (Å²) in [6, 6.07) is 1.03. The molecule has 0 amide bonds. The van der Waals surface area contributed by atoms with E-state index in [0.717, 1.165) is 25.2 Å². The predicted octanol–water partition coefficient (Wildman–Crippen LogP) is 0.308. The molecule has 0 aromatic carbocycles. The molecule has 0 aliphatic heterocycles. The predicted molar refractivity (Wildman–Crippen MR) is 55.8 cm³/mol. The molecule has 0 radical (unpaired) electrons. The molecule has 1 aromatic rings. The van der Waals surface area contributed by atoms with Crippen LogP contribution in [0.5, 0.6) is 0 Å². The monoisotopic (exact) mass is 194 g/mol. The number of imidazole rings is 1. The molecule has 1 saturated carbocycles. The van der Waals surface area contributed by atoms with Crippen LogP contribution in [0.3, 0.4) is 0 Å². The maximum atomic E-state index is 5.71. The Labute approximate surface area is 84.5 Å². The molecule has 3 N–H and O–H groups in total. The van der Waals surface area contributed by atoms with E-state index < -0.39 is 0 Å². The van der Waals surface area contributed by atoms with Crippen molar-refractivity contribution in [2.75, 3.05) is 0 Å². The summed E-state index contributed by atoms with van der Waals surface area (Å²) in [5.74, 6) is 1.06. The van der Waals surface area contributed by atoms with E-state index in [4.69, 9.17) is 5.73 Å². The van der Waals surface area contributed by atoms with Gasteiger partial charge in [0.15, 0.2) is 0 Å². The first-order valence-electron chi connectivity index (χ1n) is 5.13. The van der Waals surface area contributed by atoms with Crippen molar-refractivity contribution in [2.45, 2.75) is 38.4 Å². The summed E-state index contributed by atoms with van der Waals surface area (Å²) in [5.41, 5.74) is 6.95. The summed E-state index contributed by atoms with van der Waals surface area (Å²) in [6.45, 7) is 2.91. The van der Waals surface area contributed by atoms with E-state index in [-0.39, 0.29) is 0 Å². The zero-order valence-corrected chi connectivity index (χ0v) is 8.83. The summed E-state index contributed by atoms with van der Waals surface area (Å²) < 4.78 is 2.12. The summed E-state index contributed by atoms with van der Waals surface area (Å²) >= 11 is 0. The third-order valence-corrected chi connectivity index (χ3v) is 3.06.